The maximum atomic E-state index is 13.9. The number of halogens is 1. The fraction of sp³-hybridized carbons (Fsp3) is 0.0357. The van der Waals surface area contributed by atoms with Crippen LogP contribution in [0.3, 0.4) is 0 Å². The molecule has 1 atom stereocenters. The number of rotatable bonds is 6. The molecule has 2 heterocycles. The van der Waals surface area contributed by atoms with Crippen molar-refractivity contribution in [3.63, 3.8) is 0 Å². The van der Waals surface area contributed by atoms with Gasteiger partial charge < -0.3 is 11.1 Å². The number of nitro groups is 2. The quantitative estimate of drug-likeness (QED) is 0.235. The molecule has 0 aliphatic carbocycles. The number of nitriles is 1. The van der Waals surface area contributed by atoms with Crippen LogP contribution in [0.15, 0.2) is 87.6 Å². The molecule has 0 spiro atoms. The predicted molar refractivity (Wildman–Crippen MR) is 160 cm³/mol. The van der Waals surface area contributed by atoms with E-state index >= 15 is 0 Å². The molecule has 208 valence electrons. The lowest BCUT2D eigenvalue weighted by atomic mass is 9.83. The van der Waals surface area contributed by atoms with Gasteiger partial charge in [-0.05, 0) is 53.6 Å². The molecule has 3 aromatic carbocycles. The number of thiazole rings is 1. The van der Waals surface area contributed by atoms with E-state index in [0.29, 0.717) is 16.8 Å². The van der Waals surface area contributed by atoms with Crippen molar-refractivity contribution in [1.29, 1.82) is 5.26 Å². The molecule has 0 bridgehead atoms. The van der Waals surface area contributed by atoms with Crippen molar-refractivity contribution in [1.82, 2.24) is 4.57 Å². The Labute approximate surface area is 248 Å². The van der Waals surface area contributed by atoms with E-state index in [1.807, 2.05) is 6.07 Å². The van der Waals surface area contributed by atoms with Crippen molar-refractivity contribution < 1.29 is 14.6 Å². The molecule has 14 heteroatoms. The number of hydrogen-bond donors (Lipinski definition) is 2. The van der Waals surface area contributed by atoms with Crippen molar-refractivity contribution in [3.05, 3.63) is 134 Å². The molecule has 0 fully saturated rings. The Morgan fingerprint density at radius 1 is 1.00 bits per heavy atom. The number of anilines is 1. The second-order valence-electron chi connectivity index (χ2n) is 8.97. The van der Waals surface area contributed by atoms with Gasteiger partial charge in [-0.3, -0.25) is 34.4 Å². The molecule has 1 aromatic heterocycles. The Bertz CT molecular complexity index is 2020. The highest BCUT2D eigenvalue weighted by Gasteiger charge is 2.36. The molecule has 0 saturated carbocycles. The number of amides is 1. The average Bonchev–Trinajstić information content (AvgIpc) is 3.29. The highest BCUT2D eigenvalue weighted by Crippen LogP contribution is 2.37. The zero-order chi connectivity index (χ0) is 30.1. The summed E-state index contributed by atoms with van der Waals surface area (Å²) in [6, 6.07) is 19.7. The lowest BCUT2D eigenvalue weighted by molar-refractivity contribution is -0.385. The normalized spacial score (nSPS) is 14.7. The van der Waals surface area contributed by atoms with Gasteiger partial charge in [0.1, 0.15) is 10.5 Å². The molecule has 42 heavy (non-hydrogen) atoms. The maximum absolute atomic E-state index is 13.9. The van der Waals surface area contributed by atoms with Gasteiger partial charge in [0.05, 0.1) is 37.5 Å². The third-order valence-electron chi connectivity index (χ3n) is 6.45. The Balaban J connectivity index is 1.77. The lowest BCUT2D eigenvalue weighted by Gasteiger charge is -2.25. The molecule has 3 N–H and O–H groups in total. The topological polar surface area (TPSA) is 187 Å². The molecule has 1 unspecified atom stereocenters. The van der Waals surface area contributed by atoms with Gasteiger partial charge in [-0.2, -0.15) is 5.26 Å². The van der Waals surface area contributed by atoms with E-state index in [4.69, 9.17) is 5.73 Å². The smallest absolute Gasteiger partial charge is 0.274 e. The first-order chi connectivity index (χ1) is 20.1. The van der Waals surface area contributed by atoms with Crippen LogP contribution in [0.4, 0.5) is 17.1 Å². The molecular weight excluding hydrogens is 628 g/mol. The van der Waals surface area contributed by atoms with E-state index in [1.54, 1.807) is 24.3 Å². The molecule has 1 amide bonds. The van der Waals surface area contributed by atoms with Crippen LogP contribution in [0.5, 0.6) is 0 Å². The standard InChI is InChI=1S/C28H17BrN6O6S/c29-17-5-7-18(8-6-17)32-26(36)24-23(16-3-11-20(12-4-16)35(40)41)21(14-30)25(31)33-27(37)22(42-28(24)33)13-15-1-9-19(10-2-15)34(38)39/h1-13,23H,31H2,(H,32,36)/b22-13-. The highest BCUT2D eigenvalue weighted by atomic mass is 79.9. The Kier molecular flexibility index (Phi) is 7.53. The molecule has 1 aliphatic heterocycles. The number of carbonyl (C=O) groups is 1. The number of nitro benzene ring substituents is 2. The Hall–Kier alpha value is -5.39. The van der Waals surface area contributed by atoms with Gasteiger partial charge in [-0.25, -0.2) is 0 Å². The van der Waals surface area contributed by atoms with Crippen LogP contribution in [0.2, 0.25) is 0 Å². The Morgan fingerprint density at radius 2 is 1.57 bits per heavy atom. The van der Waals surface area contributed by atoms with Gasteiger partial charge in [0.25, 0.3) is 22.8 Å². The number of hydrogen-bond acceptors (Lipinski definition) is 9. The molecule has 4 aromatic rings. The first-order valence-electron chi connectivity index (χ1n) is 12.0. The van der Waals surface area contributed by atoms with Crippen molar-refractivity contribution in [2.45, 2.75) is 5.92 Å². The van der Waals surface area contributed by atoms with Gasteiger partial charge >= 0.3 is 0 Å². The second kappa shape index (κ2) is 11.2. The minimum Gasteiger partial charge on any atom is -0.384 e. The van der Waals surface area contributed by atoms with Gasteiger partial charge in [-0.1, -0.05) is 28.1 Å². The van der Waals surface area contributed by atoms with Crippen LogP contribution >= 0.6 is 27.3 Å². The van der Waals surface area contributed by atoms with E-state index in [2.05, 4.69) is 21.2 Å². The Morgan fingerprint density at radius 3 is 2.12 bits per heavy atom. The monoisotopic (exact) mass is 644 g/mol. The third kappa shape index (κ3) is 5.21. The van der Waals surface area contributed by atoms with Crippen molar-refractivity contribution in [3.8, 4) is 6.07 Å². The summed E-state index contributed by atoms with van der Waals surface area (Å²) in [5.41, 5.74) is 6.77. The van der Waals surface area contributed by atoms with Crippen LogP contribution < -0.4 is 25.8 Å². The summed E-state index contributed by atoms with van der Waals surface area (Å²) in [6.07, 6.45) is 1.51. The predicted octanol–water partition coefficient (Wildman–Crippen LogP) is 3.56. The van der Waals surface area contributed by atoms with E-state index in [0.717, 1.165) is 20.4 Å². The molecule has 0 saturated heterocycles. The minimum absolute atomic E-state index is 0.0444. The number of aromatic nitrogens is 1. The summed E-state index contributed by atoms with van der Waals surface area (Å²) in [6.45, 7) is 0. The zero-order valence-electron chi connectivity index (χ0n) is 21.2. The number of allylic oxidation sites excluding steroid dienone is 1. The van der Waals surface area contributed by atoms with Crippen LogP contribution in [-0.4, -0.2) is 20.3 Å². The highest BCUT2D eigenvalue weighted by molar-refractivity contribution is 9.10. The molecule has 1 aliphatic rings. The van der Waals surface area contributed by atoms with E-state index < -0.39 is 27.2 Å². The van der Waals surface area contributed by atoms with Gasteiger partial charge in [0.15, 0.2) is 0 Å². The number of nitrogens with zero attached hydrogens (tertiary/aromatic N) is 4. The van der Waals surface area contributed by atoms with Crippen LogP contribution in [0.1, 0.15) is 17.0 Å². The lowest BCUT2D eigenvalue weighted by Crippen LogP contribution is -2.40. The number of benzene rings is 3. The number of non-ortho nitro benzene ring substituents is 2. The van der Waals surface area contributed by atoms with Gasteiger partial charge in [-0.15, -0.1) is 11.3 Å². The van der Waals surface area contributed by atoms with E-state index in [-0.39, 0.29) is 37.5 Å². The van der Waals surface area contributed by atoms with Crippen LogP contribution in [-0.2, 0) is 4.79 Å². The average molecular weight is 645 g/mol. The number of nitrogens with one attached hydrogen (secondary N) is 1. The number of nitrogens with two attached hydrogens (primary N) is 1. The molecular formula is C28H17BrN6O6S. The third-order valence-corrected chi connectivity index (χ3v) is 8.09. The summed E-state index contributed by atoms with van der Waals surface area (Å²) in [7, 11) is 0. The van der Waals surface area contributed by atoms with Crippen molar-refractivity contribution in [2.24, 2.45) is 5.73 Å². The second-order valence-corrected chi connectivity index (χ2v) is 10.9. The van der Waals surface area contributed by atoms with Crippen LogP contribution in [0.25, 0.3) is 17.5 Å². The molecule has 5 rings (SSSR count). The van der Waals surface area contributed by atoms with E-state index in [1.165, 1.54) is 54.6 Å². The summed E-state index contributed by atoms with van der Waals surface area (Å²) < 4.78 is 2.22. The summed E-state index contributed by atoms with van der Waals surface area (Å²) in [5, 5.41) is 35.2. The van der Waals surface area contributed by atoms with Crippen molar-refractivity contribution in [2.75, 3.05) is 5.32 Å². The van der Waals surface area contributed by atoms with Crippen LogP contribution in [0, 0.1) is 31.6 Å². The SMILES string of the molecule is N#CC1=C(N)n2c(s/c(=C\c3ccc([N+](=O)[O-])cc3)c2=O)=C(C(=O)Nc2ccc(Br)cc2)C1c1ccc([N+](=O)[O-])cc1. The maximum Gasteiger partial charge on any atom is 0.274 e. The van der Waals surface area contributed by atoms with E-state index in [9.17, 15) is 35.1 Å². The summed E-state index contributed by atoms with van der Waals surface area (Å²) >= 11 is 4.31. The summed E-state index contributed by atoms with van der Waals surface area (Å²) in [5.74, 6) is -1.84. The number of fused-ring (bicyclic) bond motifs is 1. The minimum atomic E-state index is -1.04. The van der Waals surface area contributed by atoms with Gasteiger partial charge in [0, 0.05) is 34.4 Å². The first kappa shape index (κ1) is 28.1. The fourth-order valence-corrected chi connectivity index (χ4v) is 5.90. The molecule has 12 nitrogen and oxygen atoms in total. The van der Waals surface area contributed by atoms with Gasteiger partial charge in [0.2, 0.25) is 0 Å². The number of carbonyl (C=O) groups excluding carboxylic acids is 1. The van der Waals surface area contributed by atoms with Crippen molar-refractivity contribution >= 4 is 67.7 Å². The summed E-state index contributed by atoms with van der Waals surface area (Å²) in [4.78, 5) is 48.6. The zero-order valence-corrected chi connectivity index (χ0v) is 23.6. The fourth-order valence-electron chi connectivity index (χ4n) is 4.46. The first-order valence-corrected chi connectivity index (χ1v) is 13.6. The molecule has 0 radical (unpaired) electrons. The largest absolute Gasteiger partial charge is 0.384 e.